The topological polar surface area (TPSA) is 38.1 Å². The number of rotatable bonds is 6. The van der Waals surface area contributed by atoms with Gasteiger partial charge in [-0.15, -0.1) is 0 Å². The van der Waals surface area contributed by atoms with Gasteiger partial charge in [0.15, 0.2) is 0 Å². The fourth-order valence-electron chi connectivity index (χ4n) is 2.92. The summed E-state index contributed by atoms with van der Waals surface area (Å²) in [5.41, 5.74) is 4.84. The van der Waals surface area contributed by atoms with E-state index in [4.69, 9.17) is 4.42 Å². The Morgan fingerprint density at radius 2 is 2.14 bits per heavy atom. The molecule has 0 saturated carbocycles. The van der Waals surface area contributed by atoms with Gasteiger partial charge in [-0.25, -0.2) is 4.98 Å². The Morgan fingerprint density at radius 1 is 1.23 bits per heavy atom. The maximum Gasteiger partial charge on any atom is 0.226 e. The molecule has 0 saturated heterocycles. The molecule has 2 aromatic rings. The van der Waals surface area contributed by atoms with Crippen LogP contribution in [0.2, 0.25) is 0 Å². The number of oxazole rings is 1. The first-order valence-electron chi connectivity index (χ1n) is 8.22. The van der Waals surface area contributed by atoms with Crippen LogP contribution in [-0.4, -0.2) is 11.5 Å². The van der Waals surface area contributed by atoms with Crippen LogP contribution in [0.15, 0.2) is 46.6 Å². The van der Waals surface area contributed by atoms with Crippen molar-refractivity contribution in [2.75, 3.05) is 6.54 Å². The molecule has 1 aliphatic rings. The zero-order valence-corrected chi connectivity index (χ0v) is 13.3. The summed E-state index contributed by atoms with van der Waals surface area (Å²) in [6.45, 7) is 3.86. The monoisotopic (exact) mass is 296 g/mol. The Labute approximate surface area is 132 Å². The second-order valence-electron chi connectivity index (χ2n) is 5.99. The first-order valence-corrected chi connectivity index (χ1v) is 8.22. The van der Waals surface area contributed by atoms with E-state index in [-0.39, 0.29) is 0 Å². The lowest BCUT2D eigenvalue weighted by atomic mass is 9.97. The highest BCUT2D eigenvalue weighted by molar-refractivity contribution is 5.58. The first kappa shape index (κ1) is 15.0. The first-order chi connectivity index (χ1) is 10.8. The lowest BCUT2D eigenvalue weighted by Gasteiger charge is -2.12. The fourth-order valence-corrected chi connectivity index (χ4v) is 2.92. The molecule has 0 radical (unpaired) electrons. The van der Waals surface area contributed by atoms with Crippen LogP contribution in [0, 0.1) is 6.92 Å². The lowest BCUT2D eigenvalue weighted by Crippen LogP contribution is -2.15. The summed E-state index contributed by atoms with van der Waals surface area (Å²) in [7, 11) is 0. The standard InChI is InChI=1S/C19H24N2O/c1-15-7-5-6-10-18(15)19-21-17(14-22-19)13-20-12-11-16-8-3-2-4-9-16/h5-8,10,14,20H,2-4,9,11-13H2,1H3. The van der Waals surface area contributed by atoms with Crippen molar-refractivity contribution in [3.8, 4) is 11.5 Å². The molecule has 3 rings (SSSR count). The van der Waals surface area contributed by atoms with Crippen LogP contribution < -0.4 is 5.32 Å². The summed E-state index contributed by atoms with van der Waals surface area (Å²) in [5, 5.41) is 3.47. The van der Waals surface area contributed by atoms with Gasteiger partial charge in [-0.3, -0.25) is 0 Å². The Hall–Kier alpha value is -1.87. The van der Waals surface area contributed by atoms with Crippen molar-refractivity contribution in [3.05, 3.63) is 53.4 Å². The van der Waals surface area contributed by atoms with E-state index in [0.717, 1.165) is 30.8 Å². The summed E-state index contributed by atoms with van der Waals surface area (Å²) in [4.78, 5) is 4.58. The predicted molar refractivity (Wildman–Crippen MR) is 89.6 cm³/mol. The van der Waals surface area contributed by atoms with Crippen molar-refractivity contribution in [1.82, 2.24) is 10.3 Å². The van der Waals surface area contributed by atoms with Crippen molar-refractivity contribution in [3.63, 3.8) is 0 Å². The molecule has 1 N–H and O–H groups in total. The van der Waals surface area contributed by atoms with Crippen molar-refractivity contribution in [2.24, 2.45) is 0 Å². The third-order valence-corrected chi connectivity index (χ3v) is 4.24. The molecule has 1 aromatic carbocycles. The summed E-state index contributed by atoms with van der Waals surface area (Å²) in [6, 6.07) is 8.18. The van der Waals surface area contributed by atoms with E-state index in [2.05, 4.69) is 29.4 Å². The molecule has 22 heavy (non-hydrogen) atoms. The number of aryl methyl sites for hydroxylation is 1. The largest absolute Gasteiger partial charge is 0.444 e. The second-order valence-corrected chi connectivity index (χ2v) is 5.99. The molecule has 1 heterocycles. The Morgan fingerprint density at radius 3 is 2.95 bits per heavy atom. The minimum absolute atomic E-state index is 0.713. The van der Waals surface area contributed by atoms with Crippen molar-refractivity contribution in [1.29, 1.82) is 0 Å². The highest BCUT2D eigenvalue weighted by Gasteiger charge is 2.08. The van der Waals surface area contributed by atoms with E-state index in [1.165, 1.54) is 31.2 Å². The summed E-state index contributed by atoms with van der Waals surface area (Å²) < 4.78 is 5.62. The molecule has 1 aliphatic carbocycles. The van der Waals surface area contributed by atoms with E-state index in [9.17, 15) is 0 Å². The SMILES string of the molecule is Cc1ccccc1-c1nc(CNCCC2=CCCCC2)co1. The van der Waals surface area contributed by atoms with Crippen LogP contribution in [0.25, 0.3) is 11.5 Å². The summed E-state index contributed by atoms with van der Waals surface area (Å²) in [5.74, 6) is 0.713. The van der Waals surface area contributed by atoms with Gasteiger partial charge in [0.25, 0.3) is 0 Å². The third-order valence-electron chi connectivity index (χ3n) is 4.24. The zero-order chi connectivity index (χ0) is 15.2. The molecule has 0 bridgehead atoms. The van der Waals surface area contributed by atoms with E-state index < -0.39 is 0 Å². The van der Waals surface area contributed by atoms with Crippen molar-refractivity contribution in [2.45, 2.75) is 45.6 Å². The van der Waals surface area contributed by atoms with Gasteiger partial charge >= 0.3 is 0 Å². The molecule has 3 heteroatoms. The maximum absolute atomic E-state index is 5.62. The Bertz CT molecular complexity index is 642. The van der Waals surface area contributed by atoms with Gasteiger partial charge in [-0.1, -0.05) is 29.8 Å². The quantitative estimate of drug-likeness (QED) is 0.624. The number of benzene rings is 1. The average molecular weight is 296 g/mol. The summed E-state index contributed by atoms with van der Waals surface area (Å²) >= 11 is 0. The number of allylic oxidation sites excluding steroid dienone is 1. The van der Waals surface area contributed by atoms with Crippen LogP contribution in [0.1, 0.15) is 43.4 Å². The molecule has 0 spiro atoms. The highest BCUT2D eigenvalue weighted by atomic mass is 16.3. The number of nitrogens with zero attached hydrogens (tertiary/aromatic N) is 1. The van der Waals surface area contributed by atoms with Gasteiger partial charge < -0.3 is 9.73 Å². The maximum atomic E-state index is 5.62. The normalized spacial score (nSPS) is 14.9. The predicted octanol–water partition coefficient (Wildman–Crippen LogP) is 4.63. The highest BCUT2D eigenvalue weighted by Crippen LogP contribution is 2.22. The van der Waals surface area contributed by atoms with Gasteiger partial charge in [0.2, 0.25) is 5.89 Å². The molecular formula is C19H24N2O. The average Bonchev–Trinajstić information content (AvgIpc) is 3.02. The van der Waals surface area contributed by atoms with E-state index in [1.807, 2.05) is 18.2 Å². The van der Waals surface area contributed by atoms with Gasteiger partial charge in [-0.05, 0) is 57.2 Å². The van der Waals surface area contributed by atoms with E-state index in [0.29, 0.717) is 5.89 Å². The molecule has 116 valence electrons. The molecule has 0 amide bonds. The molecule has 0 fully saturated rings. The number of nitrogens with one attached hydrogen (secondary N) is 1. The minimum atomic E-state index is 0.713. The van der Waals surface area contributed by atoms with E-state index >= 15 is 0 Å². The van der Waals surface area contributed by atoms with Crippen molar-refractivity contribution >= 4 is 0 Å². The van der Waals surface area contributed by atoms with Gasteiger partial charge in [-0.2, -0.15) is 0 Å². The lowest BCUT2D eigenvalue weighted by molar-refractivity contribution is 0.569. The molecule has 0 aliphatic heterocycles. The Balaban J connectivity index is 1.50. The minimum Gasteiger partial charge on any atom is -0.444 e. The van der Waals surface area contributed by atoms with Gasteiger partial charge in [0, 0.05) is 12.1 Å². The molecule has 3 nitrogen and oxygen atoms in total. The summed E-state index contributed by atoms with van der Waals surface area (Å²) in [6.07, 6.45) is 10.6. The van der Waals surface area contributed by atoms with Crippen LogP contribution in [0.4, 0.5) is 0 Å². The third kappa shape index (κ3) is 3.86. The zero-order valence-electron chi connectivity index (χ0n) is 13.3. The molecule has 0 unspecified atom stereocenters. The van der Waals surface area contributed by atoms with Crippen LogP contribution in [-0.2, 0) is 6.54 Å². The van der Waals surface area contributed by atoms with Gasteiger partial charge in [0.1, 0.15) is 6.26 Å². The Kier molecular flexibility index (Phi) is 5.07. The van der Waals surface area contributed by atoms with Crippen LogP contribution in [0.5, 0.6) is 0 Å². The van der Waals surface area contributed by atoms with Gasteiger partial charge in [0.05, 0.1) is 5.69 Å². The number of aromatic nitrogens is 1. The molecular weight excluding hydrogens is 272 g/mol. The van der Waals surface area contributed by atoms with Crippen LogP contribution in [0.3, 0.4) is 0 Å². The van der Waals surface area contributed by atoms with Crippen LogP contribution >= 0.6 is 0 Å². The molecule has 0 atom stereocenters. The van der Waals surface area contributed by atoms with Crippen molar-refractivity contribution < 1.29 is 4.42 Å². The number of hydrogen-bond donors (Lipinski definition) is 1. The second kappa shape index (κ2) is 7.41. The fraction of sp³-hybridized carbons (Fsp3) is 0.421. The number of hydrogen-bond acceptors (Lipinski definition) is 3. The van der Waals surface area contributed by atoms with E-state index in [1.54, 1.807) is 11.8 Å². The molecule has 1 aromatic heterocycles. The smallest absolute Gasteiger partial charge is 0.226 e.